The molecule has 0 bridgehead atoms. The number of ketones is 1. The molecule has 0 unspecified atom stereocenters. The van der Waals surface area contributed by atoms with E-state index in [0.717, 1.165) is 28.4 Å². The van der Waals surface area contributed by atoms with Crippen molar-refractivity contribution in [1.82, 2.24) is 4.98 Å². The third-order valence-electron chi connectivity index (χ3n) is 2.87. The highest BCUT2D eigenvalue weighted by molar-refractivity contribution is 7.09. The van der Waals surface area contributed by atoms with Gasteiger partial charge in [-0.1, -0.05) is 12.1 Å². The van der Waals surface area contributed by atoms with Gasteiger partial charge in [0.25, 0.3) is 0 Å². The number of aryl methyl sites for hydroxylation is 2. The Morgan fingerprint density at radius 1 is 1.32 bits per heavy atom. The summed E-state index contributed by atoms with van der Waals surface area (Å²) in [5, 5.41) is 2.89. The largest absolute Gasteiger partial charge is 0.497 e. The van der Waals surface area contributed by atoms with Crippen LogP contribution in [0.4, 0.5) is 0 Å². The SMILES string of the molecule is COc1ccc(CCC(=O)Cc2nc(C)cs2)cc1. The fraction of sp³-hybridized carbons (Fsp3) is 0.333. The monoisotopic (exact) mass is 275 g/mol. The van der Waals surface area contributed by atoms with Gasteiger partial charge >= 0.3 is 0 Å². The molecule has 0 atom stereocenters. The number of thiazole rings is 1. The van der Waals surface area contributed by atoms with Gasteiger partial charge in [0.05, 0.1) is 13.5 Å². The molecule has 2 rings (SSSR count). The second-order valence-corrected chi connectivity index (χ2v) is 5.39. The van der Waals surface area contributed by atoms with Gasteiger partial charge in [-0.25, -0.2) is 4.98 Å². The highest BCUT2D eigenvalue weighted by Crippen LogP contribution is 2.14. The molecule has 0 spiro atoms. The molecule has 0 N–H and O–H groups in total. The van der Waals surface area contributed by atoms with E-state index in [1.807, 2.05) is 36.6 Å². The molecule has 0 saturated heterocycles. The lowest BCUT2D eigenvalue weighted by Gasteiger charge is -2.03. The van der Waals surface area contributed by atoms with E-state index in [4.69, 9.17) is 4.74 Å². The van der Waals surface area contributed by atoms with E-state index in [2.05, 4.69) is 4.98 Å². The highest BCUT2D eigenvalue weighted by Gasteiger charge is 2.07. The number of Topliss-reactive ketones (excluding diaryl/α,β-unsaturated/α-hetero) is 1. The number of nitrogens with zero attached hydrogens (tertiary/aromatic N) is 1. The maximum Gasteiger partial charge on any atom is 0.140 e. The Labute approximate surface area is 117 Å². The first-order valence-electron chi connectivity index (χ1n) is 6.23. The van der Waals surface area contributed by atoms with Crippen molar-refractivity contribution in [3.63, 3.8) is 0 Å². The van der Waals surface area contributed by atoms with Gasteiger partial charge in [0.2, 0.25) is 0 Å². The molecule has 1 aromatic heterocycles. The van der Waals surface area contributed by atoms with Crippen molar-refractivity contribution in [2.45, 2.75) is 26.2 Å². The van der Waals surface area contributed by atoms with E-state index < -0.39 is 0 Å². The zero-order valence-electron chi connectivity index (χ0n) is 11.2. The second-order valence-electron chi connectivity index (χ2n) is 4.45. The fourth-order valence-corrected chi connectivity index (χ4v) is 2.62. The van der Waals surface area contributed by atoms with E-state index in [0.29, 0.717) is 12.8 Å². The predicted molar refractivity (Wildman–Crippen MR) is 76.9 cm³/mol. The van der Waals surface area contributed by atoms with Gasteiger partial charge in [-0.2, -0.15) is 0 Å². The molecule has 19 heavy (non-hydrogen) atoms. The standard InChI is InChI=1S/C15H17NO2S/c1-11-10-19-15(16-11)9-13(17)6-3-12-4-7-14(18-2)8-5-12/h4-5,7-8,10H,3,6,9H2,1-2H3. The van der Waals surface area contributed by atoms with Crippen LogP contribution in [-0.4, -0.2) is 17.9 Å². The van der Waals surface area contributed by atoms with Crippen molar-refractivity contribution in [2.75, 3.05) is 7.11 Å². The highest BCUT2D eigenvalue weighted by atomic mass is 32.1. The van der Waals surface area contributed by atoms with Crippen LogP contribution in [0.2, 0.25) is 0 Å². The van der Waals surface area contributed by atoms with E-state index in [9.17, 15) is 4.79 Å². The quantitative estimate of drug-likeness (QED) is 0.812. The minimum absolute atomic E-state index is 0.241. The van der Waals surface area contributed by atoms with Crippen LogP contribution >= 0.6 is 11.3 Å². The molecule has 0 aliphatic carbocycles. The Balaban J connectivity index is 1.82. The first-order chi connectivity index (χ1) is 9.17. The molecule has 0 radical (unpaired) electrons. The van der Waals surface area contributed by atoms with Crippen molar-refractivity contribution in [3.05, 3.63) is 45.9 Å². The number of carbonyl (C=O) groups excluding carboxylic acids is 1. The van der Waals surface area contributed by atoms with Crippen LogP contribution in [0.15, 0.2) is 29.6 Å². The van der Waals surface area contributed by atoms with Crippen molar-refractivity contribution in [2.24, 2.45) is 0 Å². The van der Waals surface area contributed by atoms with E-state index in [1.165, 1.54) is 0 Å². The number of ether oxygens (including phenoxy) is 1. The summed E-state index contributed by atoms with van der Waals surface area (Å²) in [5.74, 6) is 1.08. The summed E-state index contributed by atoms with van der Waals surface area (Å²) in [4.78, 5) is 16.2. The number of rotatable bonds is 6. The number of hydrogen-bond acceptors (Lipinski definition) is 4. The van der Waals surface area contributed by atoms with Gasteiger partial charge in [0.15, 0.2) is 0 Å². The summed E-state index contributed by atoms with van der Waals surface area (Å²) in [5.41, 5.74) is 2.15. The van der Waals surface area contributed by atoms with Gasteiger partial charge in [-0.05, 0) is 31.0 Å². The predicted octanol–water partition coefficient (Wildman–Crippen LogP) is 3.20. The van der Waals surface area contributed by atoms with Crippen molar-refractivity contribution in [1.29, 1.82) is 0 Å². The topological polar surface area (TPSA) is 39.2 Å². The van der Waals surface area contributed by atoms with Crippen molar-refractivity contribution < 1.29 is 9.53 Å². The van der Waals surface area contributed by atoms with Crippen LogP contribution in [-0.2, 0) is 17.6 Å². The summed E-state index contributed by atoms with van der Waals surface area (Å²) in [7, 11) is 1.65. The number of hydrogen-bond donors (Lipinski definition) is 0. The lowest BCUT2D eigenvalue weighted by atomic mass is 10.1. The molecule has 0 aliphatic rings. The average Bonchev–Trinajstić information content (AvgIpc) is 2.82. The first-order valence-corrected chi connectivity index (χ1v) is 7.11. The maximum absolute atomic E-state index is 11.9. The molecule has 0 saturated carbocycles. The molecule has 4 heteroatoms. The third-order valence-corrected chi connectivity index (χ3v) is 3.83. The fourth-order valence-electron chi connectivity index (χ4n) is 1.82. The minimum Gasteiger partial charge on any atom is -0.497 e. The second kappa shape index (κ2) is 6.48. The van der Waals surface area contributed by atoms with Gasteiger partial charge in [0.1, 0.15) is 16.5 Å². The molecule has 0 amide bonds. The molecule has 2 aromatic rings. The Morgan fingerprint density at radius 3 is 2.63 bits per heavy atom. The lowest BCUT2D eigenvalue weighted by molar-refractivity contribution is -0.118. The van der Waals surface area contributed by atoms with Gasteiger partial charge in [-0.15, -0.1) is 11.3 Å². The Kier molecular flexibility index (Phi) is 4.68. The van der Waals surface area contributed by atoms with Crippen LogP contribution in [0.25, 0.3) is 0 Å². The van der Waals surface area contributed by atoms with Crippen molar-refractivity contribution in [3.8, 4) is 5.75 Å². The van der Waals surface area contributed by atoms with E-state index in [1.54, 1.807) is 18.4 Å². The summed E-state index contributed by atoms with van der Waals surface area (Å²) in [6, 6.07) is 7.84. The summed E-state index contributed by atoms with van der Waals surface area (Å²) in [6.07, 6.45) is 1.78. The van der Waals surface area contributed by atoms with E-state index >= 15 is 0 Å². The summed E-state index contributed by atoms with van der Waals surface area (Å²) in [6.45, 7) is 1.95. The zero-order chi connectivity index (χ0) is 13.7. The normalized spacial score (nSPS) is 10.4. The van der Waals surface area contributed by atoms with Crippen molar-refractivity contribution >= 4 is 17.1 Å². The zero-order valence-corrected chi connectivity index (χ0v) is 12.0. The molecule has 0 fully saturated rings. The smallest absolute Gasteiger partial charge is 0.140 e. The van der Waals surface area contributed by atoms with Crippen LogP contribution in [0.1, 0.15) is 22.7 Å². The Bertz CT molecular complexity index is 546. The summed E-state index contributed by atoms with van der Waals surface area (Å²) >= 11 is 1.56. The third kappa shape index (κ3) is 4.17. The minimum atomic E-state index is 0.241. The van der Waals surface area contributed by atoms with Crippen LogP contribution in [0, 0.1) is 6.92 Å². The van der Waals surface area contributed by atoms with Crippen LogP contribution < -0.4 is 4.74 Å². The van der Waals surface area contributed by atoms with Crippen LogP contribution in [0.3, 0.4) is 0 Å². The number of benzene rings is 1. The molecule has 1 aromatic carbocycles. The van der Waals surface area contributed by atoms with E-state index in [-0.39, 0.29) is 5.78 Å². The molecule has 100 valence electrons. The molecule has 0 aliphatic heterocycles. The molecule has 1 heterocycles. The Hall–Kier alpha value is -1.68. The molecular formula is C15H17NO2S. The lowest BCUT2D eigenvalue weighted by Crippen LogP contribution is -2.04. The Morgan fingerprint density at radius 2 is 2.05 bits per heavy atom. The molecular weight excluding hydrogens is 258 g/mol. The number of carbonyl (C=O) groups is 1. The first kappa shape index (κ1) is 13.7. The number of methoxy groups -OCH3 is 1. The van der Waals surface area contributed by atoms with Gasteiger partial charge < -0.3 is 4.74 Å². The summed E-state index contributed by atoms with van der Waals surface area (Å²) < 4.78 is 5.10. The molecule has 3 nitrogen and oxygen atoms in total. The maximum atomic E-state index is 11.9. The van der Waals surface area contributed by atoms with Gasteiger partial charge in [-0.3, -0.25) is 4.79 Å². The average molecular weight is 275 g/mol. The number of aromatic nitrogens is 1. The van der Waals surface area contributed by atoms with Crippen LogP contribution in [0.5, 0.6) is 5.75 Å². The van der Waals surface area contributed by atoms with Gasteiger partial charge in [0, 0.05) is 17.5 Å².